The molecule has 0 saturated carbocycles. The molecule has 2 N–H and O–H groups in total. The van der Waals surface area contributed by atoms with E-state index < -0.39 is 10.0 Å². The Bertz CT molecular complexity index is 366. The van der Waals surface area contributed by atoms with Crippen LogP contribution in [0.4, 0.5) is 0 Å². The Balaban J connectivity index is 2.31. The van der Waals surface area contributed by atoms with Gasteiger partial charge in [-0.25, -0.2) is 8.42 Å². The van der Waals surface area contributed by atoms with E-state index in [2.05, 4.69) is 11.9 Å². The van der Waals surface area contributed by atoms with Gasteiger partial charge in [0.15, 0.2) is 0 Å². The fraction of sp³-hybridized carbons (Fsp3) is 0.778. The molecule has 15 heavy (non-hydrogen) atoms. The van der Waals surface area contributed by atoms with Gasteiger partial charge in [0.05, 0.1) is 18.4 Å². The zero-order chi connectivity index (χ0) is 11.1. The maximum Gasteiger partial charge on any atom is 0.214 e. The lowest BCUT2D eigenvalue weighted by atomic mass is 10.0. The molecular formula is C9H16N2O3S. The van der Waals surface area contributed by atoms with E-state index in [-0.39, 0.29) is 24.4 Å². The van der Waals surface area contributed by atoms with E-state index in [1.54, 1.807) is 0 Å². The molecule has 2 rings (SSSR count). The van der Waals surface area contributed by atoms with Crippen LogP contribution in [0.1, 0.15) is 6.42 Å². The van der Waals surface area contributed by atoms with Gasteiger partial charge in [-0.15, -0.1) is 0 Å². The minimum Gasteiger partial charge on any atom is -0.395 e. The van der Waals surface area contributed by atoms with Crippen LogP contribution in [0.15, 0.2) is 12.2 Å². The standard InChI is InChI=1S/C9H16N2O3S/c1-7-2-3-15(13,14)11-5-9(7)10-4-8(11)6-12/h8-10,12H,1-6H2. The van der Waals surface area contributed by atoms with Crippen LogP contribution in [0.3, 0.4) is 0 Å². The molecule has 5 nitrogen and oxygen atoms in total. The first-order valence-corrected chi connectivity index (χ1v) is 6.67. The third-order valence-corrected chi connectivity index (χ3v) is 4.99. The number of hydrogen-bond donors (Lipinski definition) is 2. The lowest BCUT2D eigenvalue weighted by molar-refractivity contribution is 0.154. The molecule has 6 heteroatoms. The lowest BCUT2D eigenvalue weighted by Crippen LogP contribution is -2.58. The molecule has 3 atom stereocenters. The van der Waals surface area contributed by atoms with Crippen LogP contribution in [-0.4, -0.2) is 55.4 Å². The number of aliphatic hydroxyl groups excluding tert-OH is 1. The number of aliphatic hydroxyl groups is 1. The van der Waals surface area contributed by atoms with Crippen molar-refractivity contribution in [1.82, 2.24) is 9.62 Å². The number of hydrogen-bond acceptors (Lipinski definition) is 4. The summed E-state index contributed by atoms with van der Waals surface area (Å²) in [5, 5.41) is 12.3. The largest absolute Gasteiger partial charge is 0.395 e. The number of rotatable bonds is 1. The average molecular weight is 232 g/mol. The number of fused-ring (bicyclic) bond motifs is 2. The summed E-state index contributed by atoms with van der Waals surface area (Å²) in [7, 11) is -3.21. The Hall–Kier alpha value is -0.430. The second-order valence-electron chi connectivity index (χ2n) is 4.09. The maximum absolute atomic E-state index is 11.9. The second kappa shape index (κ2) is 3.86. The fourth-order valence-electron chi connectivity index (χ4n) is 2.09. The number of nitrogens with zero attached hydrogens (tertiary/aromatic N) is 1. The van der Waals surface area contributed by atoms with Gasteiger partial charge in [-0.3, -0.25) is 0 Å². The van der Waals surface area contributed by atoms with Crippen molar-refractivity contribution in [2.75, 3.05) is 25.4 Å². The van der Waals surface area contributed by atoms with Crippen molar-refractivity contribution in [1.29, 1.82) is 0 Å². The Labute approximate surface area is 89.8 Å². The molecule has 2 saturated heterocycles. The summed E-state index contributed by atoms with van der Waals surface area (Å²) < 4.78 is 25.2. The van der Waals surface area contributed by atoms with Gasteiger partial charge in [0.1, 0.15) is 0 Å². The summed E-state index contributed by atoms with van der Waals surface area (Å²) in [4.78, 5) is 0. The van der Waals surface area contributed by atoms with Gasteiger partial charge in [0.2, 0.25) is 10.0 Å². The molecule has 86 valence electrons. The molecule has 2 heterocycles. The van der Waals surface area contributed by atoms with E-state index >= 15 is 0 Å². The molecule has 0 spiro atoms. The molecule has 3 unspecified atom stereocenters. The van der Waals surface area contributed by atoms with Crippen LogP contribution in [0.2, 0.25) is 0 Å². The average Bonchev–Trinajstić information content (AvgIpc) is 2.31. The van der Waals surface area contributed by atoms with Crippen LogP contribution < -0.4 is 5.32 Å². The summed E-state index contributed by atoms with van der Waals surface area (Å²) in [5.41, 5.74) is 0.942. The minimum atomic E-state index is -3.21. The molecule has 0 aromatic rings. The predicted octanol–water partition coefficient (Wildman–Crippen LogP) is -1.09. The predicted molar refractivity (Wildman–Crippen MR) is 56.9 cm³/mol. The highest BCUT2D eigenvalue weighted by molar-refractivity contribution is 7.89. The van der Waals surface area contributed by atoms with E-state index in [9.17, 15) is 8.42 Å². The van der Waals surface area contributed by atoms with Crippen molar-refractivity contribution in [3.05, 3.63) is 12.2 Å². The molecule has 2 bridgehead atoms. The van der Waals surface area contributed by atoms with Gasteiger partial charge in [-0.2, -0.15) is 4.31 Å². The van der Waals surface area contributed by atoms with Crippen molar-refractivity contribution in [3.63, 3.8) is 0 Å². The molecule has 2 aliphatic rings. The highest BCUT2D eigenvalue weighted by Crippen LogP contribution is 2.23. The first-order valence-electron chi connectivity index (χ1n) is 5.06. The van der Waals surface area contributed by atoms with Gasteiger partial charge in [0.25, 0.3) is 0 Å². The SMILES string of the molecule is C=C1CCS(=O)(=O)N2CC1NCC2CO. The molecule has 0 aromatic carbocycles. The van der Waals surface area contributed by atoms with Gasteiger partial charge >= 0.3 is 0 Å². The first kappa shape index (κ1) is 11.1. The molecule has 0 aliphatic carbocycles. The third-order valence-electron chi connectivity index (χ3n) is 3.11. The lowest BCUT2D eigenvalue weighted by Gasteiger charge is -2.36. The van der Waals surface area contributed by atoms with Crippen molar-refractivity contribution < 1.29 is 13.5 Å². The molecular weight excluding hydrogens is 216 g/mol. The van der Waals surface area contributed by atoms with E-state index in [1.165, 1.54) is 4.31 Å². The Morgan fingerprint density at radius 3 is 3.00 bits per heavy atom. The highest BCUT2D eigenvalue weighted by atomic mass is 32.2. The first-order chi connectivity index (χ1) is 7.04. The number of nitrogens with one attached hydrogen (secondary N) is 1. The molecule has 0 amide bonds. The minimum absolute atomic E-state index is 0.0464. The van der Waals surface area contributed by atoms with Crippen LogP contribution in [-0.2, 0) is 10.0 Å². The zero-order valence-corrected chi connectivity index (χ0v) is 9.33. The topological polar surface area (TPSA) is 69.6 Å². The molecule has 0 aromatic heterocycles. The maximum atomic E-state index is 11.9. The summed E-state index contributed by atoms with van der Waals surface area (Å²) in [5.74, 6) is 0.112. The van der Waals surface area contributed by atoms with Crippen LogP contribution in [0.25, 0.3) is 0 Å². The van der Waals surface area contributed by atoms with E-state index in [0.29, 0.717) is 19.5 Å². The Kier molecular flexibility index (Phi) is 2.85. The Morgan fingerprint density at radius 2 is 2.33 bits per heavy atom. The molecule has 2 fully saturated rings. The van der Waals surface area contributed by atoms with Crippen molar-refractivity contribution >= 4 is 10.0 Å². The smallest absolute Gasteiger partial charge is 0.214 e. The van der Waals surface area contributed by atoms with Gasteiger partial charge in [-0.1, -0.05) is 12.2 Å². The van der Waals surface area contributed by atoms with Crippen LogP contribution in [0.5, 0.6) is 0 Å². The van der Waals surface area contributed by atoms with E-state index in [0.717, 1.165) is 5.57 Å². The van der Waals surface area contributed by atoms with Crippen molar-refractivity contribution in [2.45, 2.75) is 18.5 Å². The Morgan fingerprint density at radius 1 is 1.60 bits per heavy atom. The quantitative estimate of drug-likeness (QED) is 0.564. The highest BCUT2D eigenvalue weighted by Gasteiger charge is 2.38. The molecule has 0 radical (unpaired) electrons. The summed E-state index contributed by atoms with van der Waals surface area (Å²) in [6, 6.07) is -0.276. The van der Waals surface area contributed by atoms with Crippen molar-refractivity contribution in [2.24, 2.45) is 0 Å². The van der Waals surface area contributed by atoms with Crippen LogP contribution in [0, 0.1) is 0 Å². The molecule has 2 aliphatic heterocycles. The zero-order valence-electron chi connectivity index (χ0n) is 8.52. The van der Waals surface area contributed by atoms with Gasteiger partial charge < -0.3 is 10.4 Å². The number of piperazine rings is 1. The third kappa shape index (κ3) is 1.94. The van der Waals surface area contributed by atoms with E-state index in [4.69, 9.17) is 5.11 Å². The summed E-state index contributed by atoms with van der Waals surface area (Å²) in [6.07, 6.45) is 0.509. The van der Waals surface area contributed by atoms with Crippen molar-refractivity contribution in [3.8, 4) is 0 Å². The normalized spacial score (nSPS) is 39.8. The second-order valence-corrected chi connectivity index (χ2v) is 6.13. The van der Waals surface area contributed by atoms with E-state index in [1.807, 2.05) is 0 Å². The number of sulfonamides is 1. The van der Waals surface area contributed by atoms with Gasteiger partial charge in [-0.05, 0) is 6.42 Å². The fourth-order valence-corrected chi connectivity index (χ4v) is 3.82. The van der Waals surface area contributed by atoms with Crippen LogP contribution >= 0.6 is 0 Å². The summed E-state index contributed by atoms with van der Waals surface area (Å²) in [6.45, 7) is 4.67. The summed E-state index contributed by atoms with van der Waals surface area (Å²) >= 11 is 0. The van der Waals surface area contributed by atoms with Gasteiger partial charge in [0, 0.05) is 19.1 Å². The monoisotopic (exact) mass is 232 g/mol.